The lowest BCUT2D eigenvalue weighted by molar-refractivity contribution is -0.126. The number of carbonyl (C=O) groups excluding carboxylic acids is 2. The largest absolute Gasteiger partial charge is 0.355 e. The molecule has 4 rings (SSSR count). The fourth-order valence-electron chi connectivity index (χ4n) is 4.35. The molecule has 1 aliphatic rings. The maximum atomic E-state index is 14.3. The molecule has 3 aromatic rings. The van der Waals surface area contributed by atoms with Crippen LogP contribution in [0.4, 0.5) is 4.39 Å². The molecule has 0 spiro atoms. The van der Waals surface area contributed by atoms with E-state index in [1.807, 2.05) is 60.7 Å². The Balaban J connectivity index is 1.48. The fraction of sp³-hybridized carbons (Fsp3) is 0.259. The van der Waals surface area contributed by atoms with Crippen LogP contribution in [-0.2, 0) is 11.2 Å². The summed E-state index contributed by atoms with van der Waals surface area (Å²) in [4.78, 5) is 27.8. The number of nitrogens with one attached hydrogen (secondary N) is 1. The molecule has 5 heteroatoms. The summed E-state index contributed by atoms with van der Waals surface area (Å²) in [5.41, 5.74) is 2.29. The molecule has 32 heavy (non-hydrogen) atoms. The van der Waals surface area contributed by atoms with Gasteiger partial charge in [-0.25, -0.2) is 4.39 Å². The fourth-order valence-corrected chi connectivity index (χ4v) is 4.35. The number of rotatable bonds is 6. The molecule has 4 nitrogen and oxygen atoms in total. The van der Waals surface area contributed by atoms with Crippen LogP contribution in [0.2, 0.25) is 0 Å². The van der Waals surface area contributed by atoms with Gasteiger partial charge in [-0.15, -0.1) is 0 Å². The average Bonchev–Trinajstić information content (AvgIpc) is 2.85. The molecule has 2 amide bonds. The van der Waals surface area contributed by atoms with Gasteiger partial charge >= 0.3 is 0 Å². The van der Waals surface area contributed by atoms with Crippen molar-refractivity contribution in [2.24, 2.45) is 5.92 Å². The van der Waals surface area contributed by atoms with E-state index < -0.39 is 5.82 Å². The number of amides is 2. The zero-order valence-electron chi connectivity index (χ0n) is 17.9. The Morgan fingerprint density at radius 3 is 2.25 bits per heavy atom. The predicted octanol–water partition coefficient (Wildman–Crippen LogP) is 4.43. The summed E-state index contributed by atoms with van der Waals surface area (Å²) in [6.07, 6.45) is 1.40. The first-order valence-corrected chi connectivity index (χ1v) is 11.0. The summed E-state index contributed by atoms with van der Waals surface area (Å²) >= 11 is 0. The van der Waals surface area contributed by atoms with Crippen molar-refractivity contribution in [3.8, 4) is 0 Å². The van der Waals surface area contributed by atoms with Crippen LogP contribution in [0.5, 0.6) is 0 Å². The van der Waals surface area contributed by atoms with E-state index in [0.29, 0.717) is 19.5 Å². The topological polar surface area (TPSA) is 49.4 Å². The highest BCUT2D eigenvalue weighted by Crippen LogP contribution is 2.31. The second-order valence-electron chi connectivity index (χ2n) is 8.26. The van der Waals surface area contributed by atoms with Gasteiger partial charge in [0.05, 0.1) is 11.5 Å². The van der Waals surface area contributed by atoms with Gasteiger partial charge in [0, 0.05) is 25.6 Å². The van der Waals surface area contributed by atoms with Gasteiger partial charge < -0.3 is 10.2 Å². The van der Waals surface area contributed by atoms with E-state index in [9.17, 15) is 14.0 Å². The van der Waals surface area contributed by atoms with Crippen LogP contribution in [0.3, 0.4) is 0 Å². The summed E-state index contributed by atoms with van der Waals surface area (Å²) in [6, 6.07) is 25.9. The van der Waals surface area contributed by atoms with Crippen LogP contribution in [0.15, 0.2) is 84.9 Å². The van der Waals surface area contributed by atoms with Crippen LogP contribution >= 0.6 is 0 Å². The Labute approximate surface area is 188 Å². The first kappa shape index (κ1) is 21.8. The molecule has 1 aliphatic heterocycles. The van der Waals surface area contributed by atoms with Crippen LogP contribution < -0.4 is 5.32 Å². The summed E-state index contributed by atoms with van der Waals surface area (Å²) in [5, 5.41) is 3.03. The first-order chi connectivity index (χ1) is 15.6. The average molecular weight is 431 g/mol. The highest BCUT2D eigenvalue weighted by atomic mass is 19.1. The number of carbonyl (C=O) groups is 2. The predicted molar refractivity (Wildman–Crippen MR) is 123 cm³/mol. The van der Waals surface area contributed by atoms with Gasteiger partial charge in [-0.2, -0.15) is 0 Å². The van der Waals surface area contributed by atoms with Crippen molar-refractivity contribution in [1.82, 2.24) is 10.2 Å². The molecule has 0 aliphatic carbocycles. The van der Waals surface area contributed by atoms with Crippen LogP contribution in [0.1, 0.15) is 33.8 Å². The summed E-state index contributed by atoms with van der Waals surface area (Å²) in [5.74, 6) is -1.30. The van der Waals surface area contributed by atoms with E-state index in [0.717, 1.165) is 17.5 Å². The maximum absolute atomic E-state index is 14.3. The molecule has 164 valence electrons. The molecule has 3 aromatic carbocycles. The second-order valence-corrected chi connectivity index (χ2v) is 8.26. The maximum Gasteiger partial charge on any atom is 0.256 e. The molecule has 1 saturated heterocycles. The third-order valence-corrected chi connectivity index (χ3v) is 6.04. The van der Waals surface area contributed by atoms with Gasteiger partial charge in [0.25, 0.3) is 5.91 Å². The molecule has 0 saturated carbocycles. The number of halogens is 1. The minimum Gasteiger partial charge on any atom is -0.355 e. The third kappa shape index (κ3) is 5.22. The van der Waals surface area contributed by atoms with Gasteiger partial charge in [-0.05, 0) is 36.1 Å². The van der Waals surface area contributed by atoms with Crippen molar-refractivity contribution in [2.45, 2.75) is 18.8 Å². The number of piperidine rings is 1. The molecular formula is C27H27FN2O2. The number of nitrogens with zero attached hydrogens (tertiary/aromatic N) is 1. The normalized spacial score (nSPS) is 18.2. The Bertz CT molecular complexity index is 1060. The minimum absolute atomic E-state index is 0.0190. The summed E-state index contributed by atoms with van der Waals surface area (Å²) in [6.45, 7) is 1.29. The molecule has 0 unspecified atom stereocenters. The van der Waals surface area contributed by atoms with E-state index in [4.69, 9.17) is 0 Å². The SMILES string of the molecule is O=C(NCCc1ccccc1)[C@@H]1C[C@H](c2ccccc2)CN(C(=O)c2ccccc2F)C1. The van der Waals surface area contributed by atoms with Crippen molar-refractivity contribution in [2.75, 3.05) is 19.6 Å². The van der Waals surface area contributed by atoms with Crippen molar-refractivity contribution < 1.29 is 14.0 Å². The van der Waals surface area contributed by atoms with Crippen molar-refractivity contribution in [1.29, 1.82) is 0 Å². The molecular weight excluding hydrogens is 403 g/mol. The molecule has 1 N–H and O–H groups in total. The van der Waals surface area contributed by atoms with E-state index in [1.54, 1.807) is 17.0 Å². The van der Waals surface area contributed by atoms with Crippen molar-refractivity contribution in [3.05, 3.63) is 107 Å². The smallest absolute Gasteiger partial charge is 0.256 e. The van der Waals surface area contributed by atoms with Crippen molar-refractivity contribution >= 4 is 11.8 Å². The van der Waals surface area contributed by atoms with Crippen LogP contribution in [0.25, 0.3) is 0 Å². The second kappa shape index (κ2) is 10.2. The van der Waals surface area contributed by atoms with E-state index in [2.05, 4.69) is 5.32 Å². The van der Waals surface area contributed by atoms with Gasteiger partial charge in [-0.3, -0.25) is 9.59 Å². The number of likely N-dealkylation sites (tertiary alicyclic amines) is 1. The first-order valence-electron chi connectivity index (χ1n) is 11.0. The van der Waals surface area contributed by atoms with E-state index >= 15 is 0 Å². The van der Waals surface area contributed by atoms with E-state index in [-0.39, 0.29) is 35.8 Å². The molecule has 1 heterocycles. The lowest BCUT2D eigenvalue weighted by atomic mass is 9.83. The highest BCUT2D eigenvalue weighted by molar-refractivity contribution is 5.95. The Morgan fingerprint density at radius 2 is 1.53 bits per heavy atom. The standard InChI is InChI=1S/C27H27FN2O2/c28-25-14-8-7-13-24(25)27(32)30-18-22(21-11-5-2-6-12-21)17-23(19-30)26(31)29-16-15-20-9-3-1-4-10-20/h1-14,22-23H,15-19H2,(H,29,31)/t22-,23+/m0/s1. The lowest BCUT2D eigenvalue weighted by Gasteiger charge is -2.37. The molecule has 1 fully saturated rings. The van der Waals surface area contributed by atoms with Gasteiger partial charge in [0.2, 0.25) is 5.91 Å². The lowest BCUT2D eigenvalue weighted by Crippen LogP contribution is -2.48. The Morgan fingerprint density at radius 1 is 0.875 bits per heavy atom. The highest BCUT2D eigenvalue weighted by Gasteiger charge is 2.35. The Hall–Kier alpha value is -3.47. The number of benzene rings is 3. The summed E-state index contributed by atoms with van der Waals surface area (Å²) < 4.78 is 14.3. The van der Waals surface area contributed by atoms with Crippen LogP contribution in [0, 0.1) is 11.7 Å². The van der Waals surface area contributed by atoms with Gasteiger partial charge in [-0.1, -0.05) is 72.8 Å². The molecule has 0 bridgehead atoms. The molecule has 0 radical (unpaired) electrons. The zero-order valence-corrected chi connectivity index (χ0v) is 17.9. The Kier molecular flexibility index (Phi) is 6.95. The van der Waals surface area contributed by atoms with Crippen LogP contribution in [-0.4, -0.2) is 36.3 Å². The summed E-state index contributed by atoms with van der Waals surface area (Å²) in [7, 11) is 0. The third-order valence-electron chi connectivity index (χ3n) is 6.04. The number of hydrogen-bond acceptors (Lipinski definition) is 2. The molecule has 0 aromatic heterocycles. The van der Waals surface area contributed by atoms with Gasteiger partial charge in [0.1, 0.15) is 5.82 Å². The quantitative estimate of drug-likeness (QED) is 0.629. The van der Waals surface area contributed by atoms with Crippen molar-refractivity contribution in [3.63, 3.8) is 0 Å². The van der Waals surface area contributed by atoms with E-state index in [1.165, 1.54) is 12.1 Å². The minimum atomic E-state index is -0.539. The molecule has 2 atom stereocenters. The number of hydrogen-bond donors (Lipinski definition) is 1. The zero-order chi connectivity index (χ0) is 22.3. The monoisotopic (exact) mass is 430 g/mol. The van der Waals surface area contributed by atoms with Gasteiger partial charge in [0.15, 0.2) is 0 Å².